The number of aromatic nitrogens is 2. The molecule has 0 atom stereocenters. The number of nitrogens with zero attached hydrogens (tertiary/aromatic N) is 2. The summed E-state index contributed by atoms with van der Waals surface area (Å²) in [7, 11) is 0. The van der Waals surface area contributed by atoms with Crippen molar-refractivity contribution < 1.29 is 4.39 Å². The van der Waals surface area contributed by atoms with E-state index in [1.807, 2.05) is 0 Å². The molecule has 0 spiro atoms. The van der Waals surface area contributed by atoms with Crippen LogP contribution in [0.1, 0.15) is 25.3 Å². The van der Waals surface area contributed by atoms with Gasteiger partial charge in [-0.05, 0) is 41.0 Å². The van der Waals surface area contributed by atoms with Crippen LogP contribution in [0.2, 0.25) is 0 Å². The second-order valence-electron chi connectivity index (χ2n) is 4.81. The van der Waals surface area contributed by atoms with Gasteiger partial charge >= 0.3 is 0 Å². The van der Waals surface area contributed by atoms with Gasteiger partial charge in [-0.25, -0.2) is 4.39 Å². The van der Waals surface area contributed by atoms with Crippen LogP contribution in [0.3, 0.4) is 0 Å². The van der Waals surface area contributed by atoms with Gasteiger partial charge in [0.15, 0.2) is 5.01 Å². The third kappa shape index (κ3) is 4.07. The largest absolute Gasteiger partial charge is 0.315 e. The van der Waals surface area contributed by atoms with E-state index in [-0.39, 0.29) is 5.82 Å². The fourth-order valence-electron chi connectivity index (χ4n) is 1.76. The molecular weight excluding hydrogens is 341 g/mol. The molecule has 0 fully saturated rings. The van der Waals surface area contributed by atoms with Gasteiger partial charge in [-0.15, -0.1) is 10.2 Å². The molecule has 1 N–H and O–H groups in total. The second-order valence-corrected chi connectivity index (χ2v) is 6.73. The first kappa shape index (κ1) is 15.5. The highest BCUT2D eigenvalue weighted by Crippen LogP contribution is 2.30. The molecule has 3 nitrogen and oxygen atoms in total. The summed E-state index contributed by atoms with van der Waals surface area (Å²) in [6.45, 7) is 5.20. The van der Waals surface area contributed by atoms with Crippen LogP contribution in [0.4, 0.5) is 4.39 Å². The molecule has 6 heteroatoms. The molecule has 1 aromatic carbocycles. The average Bonchev–Trinajstić information content (AvgIpc) is 2.86. The molecule has 0 aliphatic rings. The minimum absolute atomic E-state index is 0.281. The molecule has 0 unspecified atom stereocenters. The zero-order valence-electron chi connectivity index (χ0n) is 11.5. The van der Waals surface area contributed by atoms with E-state index >= 15 is 0 Å². The van der Waals surface area contributed by atoms with Gasteiger partial charge in [0.2, 0.25) is 0 Å². The molecule has 0 bridgehead atoms. The Morgan fingerprint density at radius 1 is 1.35 bits per heavy atom. The lowest BCUT2D eigenvalue weighted by Gasteiger charge is -2.05. The summed E-state index contributed by atoms with van der Waals surface area (Å²) in [6, 6.07) is 5.70. The number of halogens is 2. The van der Waals surface area contributed by atoms with Gasteiger partial charge in [0, 0.05) is 18.0 Å². The third-order valence-electron chi connectivity index (χ3n) is 2.77. The monoisotopic (exact) mass is 357 g/mol. The highest BCUT2D eigenvalue weighted by atomic mass is 79.9. The fourth-order valence-corrected chi connectivity index (χ4v) is 3.03. The Kier molecular flexibility index (Phi) is 5.63. The Hall–Kier alpha value is -0.850. The van der Waals surface area contributed by atoms with Crippen LogP contribution in [0, 0.1) is 5.82 Å². The predicted octanol–water partition coefficient (Wildman–Crippen LogP) is 4.04. The van der Waals surface area contributed by atoms with E-state index in [1.54, 1.807) is 18.2 Å². The zero-order valence-corrected chi connectivity index (χ0v) is 13.9. The topological polar surface area (TPSA) is 37.8 Å². The van der Waals surface area contributed by atoms with E-state index in [0.717, 1.165) is 24.4 Å². The molecule has 2 aromatic rings. The van der Waals surface area contributed by atoms with Crippen LogP contribution < -0.4 is 5.32 Å². The molecule has 1 aromatic heterocycles. The van der Waals surface area contributed by atoms with E-state index in [4.69, 9.17) is 0 Å². The normalized spacial score (nSPS) is 11.2. The summed E-state index contributed by atoms with van der Waals surface area (Å²) in [5.74, 6) is -0.281. The van der Waals surface area contributed by atoms with Gasteiger partial charge in [-0.3, -0.25) is 0 Å². The van der Waals surface area contributed by atoms with Crippen molar-refractivity contribution in [1.29, 1.82) is 0 Å². The van der Waals surface area contributed by atoms with Crippen molar-refractivity contribution in [1.82, 2.24) is 15.5 Å². The molecular formula is C14H17BrFN3S. The molecule has 0 saturated heterocycles. The van der Waals surface area contributed by atoms with Gasteiger partial charge in [0.05, 0.1) is 4.47 Å². The van der Waals surface area contributed by atoms with E-state index in [9.17, 15) is 4.39 Å². The smallest absolute Gasteiger partial charge is 0.150 e. The van der Waals surface area contributed by atoms with Crippen molar-refractivity contribution in [2.24, 2.45) is 0 Å². The summed E-state index contributed by atoms with van der Waals surface area (Å²) in [5.41, 5.74) is 0.503. The van der Waals surface area contributed by atoms with Gasteiger partial charge in [0.1, 0.15) is 10.8 Å². The lowest BCUT2D eigenvalue weighted by atomic mass is 10.2. The van der Waals surface area contributed by atoms with E-state index in [1.165, 1.54) is 11.3 Å². The minimum atomic E-state index is -0.281. The van der Waals surface area contributed by atoms with Crippen LogP contribution in [-0.2, 0) is 6.42 Å². The molecule has 0 saturated carbocycles. The van der Waals surface area contributed by atoms with Crippen molar-refractivity contribution >= 4 is 27.3 Å². The van der Waals surface area contributed by atoms with Crippen LogP contribution in [0.5, 0.6) is 0 Å². The predicted molar refractivity (Wildman–Crippen MR) is 84.5 cm³/mol. The second kappa shape index (κ2) is 7.24. The van der Waals surface area contributed by atoms with Crippen molar-refractivity contribution in [2.45, 2.75) is 32.7 Å². The number of hydrogen-bond acceptors (Lipinski definition) is 4. The highest BCUT2D eigenvalue weighted by Gasteiger charge is 2.13. The standard InChI is InChI=1S/C14H17BrFN3S/c1-9(2)17-8-4-7-12-18-19-14(20-12)10-5-3-6-11(15)13(10)16/h3,5-6,9,17H,4,7-8H2,1-2H3. The Morgan fingerprint density at radius 2 is 2.15 bits per heavy atom. The summed E-state index contributed by atoms with van der Waals surface area (Å²) in [4.78, 5) is 0. The van der Waals surface area contributed by atoms with Gasteiger partial charge < -0.3 is 5.32 Å². The van der Waals surface area contributed by atoms with Crippen LogP contribution >= 0.6 is 27.3 Å². The third-order valence-corrected chi connectivity index (χ3v) is 4.40. The molecule has 108 valence electrons. The first-order valence-electron chi connectivity index (χ1n) is 6.58. The van der Waals surface area contributed by atoms with E-state index in [2.05, 4.69) is 45.3 Å². The minimum Gasteiger partial charge on any atom is -0.315 e. The number of aryl methyl sites for hydroxylation is 1. The first-order chi connectivity index (χ1) is 9.58. The maximum atomic E-state index is 14.0. The number of nitrogens with one attached hydrogen (secondary N) is 1. The lowest BCUT2D eigenvalue weighted by Crippen LogP contribution is -2.23. The Balaban J connectivity index is 2.00. The summed E-state index contributed by atoms with van der Waals surface area (Å²) in [6.07, 6.45) is 1.88. The number of benzene rings is 1. The molecule has 0 aliphatic heterocycles. The SMILES string of the molecule is CC(C)NCCCc1nnc(-c2cccc(Br)c2F)s1. The molecule has 1 heterocycles. The number of hydrogen-bond donors (Lipinski definition) is 1. The van der Waals surface area contributed by atoms with Gasteiger partial charge in [-0.2, -0.15) is 0 Å². The summed E-state index contributed by atoms with van der Waals surface area (Å²) in [5, 5.41) is 13.2. The van der Waals surface area contributed by atoms with Crippen LogP contribution in [0.15, 0.2) is 22.7 Å². The van der Waals surface area contributed by atoms with Crippen LogP contribution in [0.25, 0.3) is 10.6 Å². The number of rotatable bonds is 6. The van der Waals surface area contributed by atoms with Crippen LogP contribution in [-0.4, -0.2) is 22.8 Å². The van der Waals surface area contributed by atoms with Crippen molar-refractivity contribution in [3.63, 3.8) is 0 Å². The van der Waals surface area contributed by atoms with Crippen molar-refractivity contribution in [3.05, 3.63) is 33.5 Å². The molecule has 0 radical (unpaired) electrons. The molecule has 0 aliphatic carbocycles. The Morgan fingerprint density at radius 3 is 2.90 bits per heavy atom. The van der Waals surface area contributed by atoms with E-state index in [0.29, 0.717) is 21.1 Å². The molecule has 0 amide bonds. The maximum Gasteiger partial charge on any atom is 0.150 e. The quantitative estimate of drug-likeness (QED) is 0.792. The van der Waals surface area contributed by atoms with Crippen molar-refractivity contribution in [2.75, 3.05) is 6.54 Å². The first-order valence-corrected chi connectivity index (χ1v) is 8.19. The average molecular weight is 358 g/mol. The highest BCUT2D eigenvalue weighted by molar-refractivity contribution is 9.10. The summed E-state index contributed by atoms with van der Waals surface area (Å²) >= 11 is 4.64. The van der Waals surface area contributed by atoms with E-state index < -0.39 is 0 Å². The Labute approximate surface area is 130 Å². The maximum absolute atomic E-state index is 14.0. The molecule has 20 heavy (non-hydrogen) atoms. The van der Waals surface area contributed by atoms with Gasteiger partial charge in [-0.1, -0.05) is 31.3 Å². The Bertz CT molecular complexity index is 571. The van der Waals surface area contributed by atoms with Crippen molar-refractivity contribution in [3.8, 4) is 10.6 Å². The lowest BCUT2D eigenvalue weighted by molar-refractivity contribution is 0.569. The zero-order chi connectivity index (χ0) is 14.5. The molecule has 2 rings (SSSR count). The van der Waals surface area contributed by atoms with Gasteiger partial charge in [0.25, 0.3) is 0 Å². The fraction of sp³-hybridized carbons (Fsp3) is 0.429. The summed E-state index contributed by atoms with van der Waals surface area (Å²) < 4.78 is 14.4.